The van der Waals surface area contributed by atoms with Crippen molar-refractivity contribution in [1.29, 1.82) is 0 Å². The van der Waals surface area contributed by atoms with E-state index in [0.717, 1.165) is 24.0 Å². The van der Waals surface area contributed by atoms with E-state index in [2.05, 4.69) is 0 Å². The van der Waals surface area contributed by atoms with Crippen LogP contribution in [0.1, 0.15) is 23.7 Å². The van der Waals surface area contributed by atoms with Crippen molar-refractivity contribution in [2.24, 2.45) is 0 Å². The second-order valence-electron chi connectivity index (χ2n) is 2.90. The van der Waals surface area contributed by atoms with E-state index in [0.29, 0.717) is 0 Å². The zero-order valence-electron chi connectivity index (χ0n) is 6.05. The zero-order chi connectivity index (χ0) is 7.84. The minimum absolute atomic E-state index is 0.260. The lowest BCUT2D eigenvalue weighted by atomic mass is 10.1. The number of aryl methyl sites for hydroxylation is 1. The van der Waals surface area contributed by atoms with E-state index in [1.165, 1.54) is 12.1 Å². The maximum atomic E-state index is 12.6. The van der Waals surface area contributed by atoms with E-state index in [1.54, 1.807) is 6.07 Å². The van der Waals surface area contributed by atoms with E-state index in [1.807, 2.05) is 0 Å². The van der Waals surface area contributed by atoms with Crippen LogP contribution in [0.25, 0.3) is 0 Å². The summed E-state index contributed by atoms with van der Waals surface area (Å²) in [6.07, 6.45) is 1.16. The lowest BCUT2D eigenvalue weighted by Gasteiger charge is -2.01. The summed E-state index contributed by atoms with van der Waals surface area (Å²) in [5.41, 5.74) is 1.85. The van der Waals surface area contributed by atoms with Crippen LogP contribution in [0, 0.1) is 5.82 Å². The molecule has 0 fully saturated rings. The fraction of sp³-hybridized carbons (Fsp3) is 0.333. The Bertz CT molecular complexity index is 283. The monoisotopic (exact) mass is 152 g/mol. The van der Waals surface area contributed by atoms with Crippen LogP contribution in [0.3, 0.4) is 0 Å². The van der Waals surface area contributed by atoms with Gasteiger partial charge < -0.3 is 5.11 Å². The van der Waals surface area contributed by atoms with Crippen LogP contribution >= 0.6 is 0 Å². The van der Waals surface area contributed by atoms with Gasteiger partial charge in [0.1, 0.15) is 5.82 Å². The molecule has 1 aromatic rings. The summed E-state index contributed by atoms with van der Waals surface area (Å²) in [6, 6.07) is 4.62. The van der Waals surface area contributed by atoms with Gasteiger partial charge in [-0.3, -0.25) is 0 Å². The highest BCUT2D eigenvalue weighted by molar-refractivity contribution is 5.33. The number of aliphatic hydroxyl groups is 1. The molecule has 58 valence electrons. The summed E-state index contributed by atoms with van der Waals surface area (Å²) in [7, 11) is 0. The highest BCUT2D eigenvalue weighted by Crippen LogP contribution is 2.30. The van der Waals surface area contributed by atoms with Crippen LogP contribution in [0.4, 0.5) is 4.39 Å². The molecule has 2 heteroatoms. The zero-order valence-corrected chi connectivity index (χ0v) is 6.05. The van der Waals surface area contributed by atoms with Gasteiger partial charge in [-0.1, -0.05) is 6.07 Å². The number of hydrogen-bond donors (Lipinski definition) is 1. The number of aliphatic hydroxyl groups excluding tert-OH is 1. The summed E-state index contributed by atoms with van der Waals surface area (Å²) in [5, 5.41) is 9.34. The van der Waals surface area contributed by atoms with Crippen LogP contribution in [0.15, 0.2) is 18.2 Å². The lowest BCUT2D eigenvalue weighted by Crippen LogP contribution is -1.90. The van der Waals surface area contributed by atoms with Gasteiger partial charge in [-0.25, -0.2) is 4.39 Å². The minimum atomic E-state index is -0.444. The molecule has 1 N–H and O–H groups in total. The van der Waals surface area contributed by atoms with Gasteiger partial charge in [0, 0.05) is 0 Å². The van der Waals surface area contributed by atoms with Gasteiger partial charge >= 0.3 is 0 Å². The fourth-order valence-corrected chi connectivity index (χ4v) is 1.55. The molecule has 2 rings (SSSR count). The van der Waals surface area contributed by atoms with Crippen LogP contribution in [0.5, 0.6) is 0 Å². The number of hydrogen-bond acceptors (Lipinski definition) is 1. The Morgan fingerprint density at radius 1 is 1.45 bits per heavy atom. The minimum Gasteiger partial charge on any atom is -0.388 e. The number of benzene rings is 1. The van der Waals surface area contributed by atoms with Gasteiger partial charge in [0.05, 0.1) is 6.10 Å². The molecule has 0 radical (unpaired) electrons. The molecule has 0 bridgehead atoms. The Labute approximate surface area is 64.5 Å². The summed E-state index contributed by atoms with van der Waals surface area (Å²) in [4.78, 5) is 0. The predicted octanol–water partition coefficient (Wildman–Crippen LogP) is 1.81. The van der Waals surface area contributed by atoms with Crippen molar-refractivity contribution in [3.8, 4) is 0 Å². The lowest BCUT2D eigenvalue weighted by molar-refractivity contribution is 0.179. The molecular weight excluding hydrogens is 143 g/mol. The molecular formula is C9H9FO. The van der Waals surface area contributed by atoms with Gasteiger partial charge in [-0.05, 0) is 36.1 Å². The first-order valence-corrected chi connectivity index (χ1v) is 3.74. The molecule has 0 aliphatic heterocycles. The highest BCUT2D eigenvalue weighted by Gasteiger charge is 2.19. The molecule has 0 heterocycles. The van der Waals surface area contributed by atoms with Crippen LogP contribution in [0.2, 0.25) is 0 Å². The average Bonchev–Trinajstić information content (AvgIpc) is 2.33. The maximum Gasteiger partial charge on any atom is 0.123 e. The summed E-state index contributed by atoms with van der Waals surface area (Å²) in [5.74, 6) is -0.260. The van der Waals surface area contributed by atoms with Gasteiger partial charge in [0.2, 0.25) is 0 Å². The first-order valence-electron chi connectivity index (χ1n) is 3.74. The molecule has 1 aromatic carbocycles. The summed E-state index contributed by atoms with van der Waals surface area (Å²) in [6.45, 7) is 0. The molecule has 11 heavy (non-hydrogen) atoms. The molecule has 1 nitrogen and oxygen atoms in total. The van der Waals surface area contributed by atoms with Crippen LogP contribution in [-0.4, -0.2) is 5.11 Å². The molecule has 1 aliphatic rings. The van der Waals surface area contributed by atoms with Crippen molar-refractivity contribution >= 4 is 0 Å². The fourth-order valence-electron chi connectivity index (χ4n) is 1.55. The highest BCUT2D eigenvalue weighted by atomic mass is 19.1. The van der Waals surface area contributed by atoms with Crippen molar-refractivity contribution in [3.05, 3.63) is 35.1 Å². The van der Waals surface area contributed by atoms with E-state index in [-0.39, 0.29) is 5.82 Å². The van der Waals surface area contributed by atoms with E-state index in [4.69, 9.17) is 0 Å². The second kappa shape index (κ2) is 2.31. The Morgan fingerprint density at radius 3 is 3.09 bits per heavy atom. The van der Waals surface area contributed by atoms with Crippen molar-refractivity contribution < 1.29 is 9.50 Å². The van der Waals surface area contributed by atoms with Gasteiger partial charge in [0.25, 0.3) is 0 Å². The van der Waals surface area contributed by atoms with Crippen molar-refractivity contribution in [2.75, 3.05) is 0 Å². The first kappa shape index (κ1) is 6.80. The molecule has 0 saturated carbocycles. The number of rotatable bonds is 0. The Balaban J connectivity index is 2.52. The normalized spacial score (nSPS) is 21.8. The third-order valence-electron chi connectivity index (χ3n) is 2.15. The second-order valence-corrected chi connectivity index (χ2v) is 2.90. The average molecular weight is 152 g/mol. The van der Waals surface area contributed by atoms with Crippen molar-refractivity contribution in [2.45, 2.75) is 18.9 Å². The van der Waals surface area contributed by atoms with Crippen molar-refractivity contribution in [1.82, 2.24) is 0 Å². The smallest absolute Gasteiger partial charge is 0.123 e. The van der Waals surface area contributed by atoms with Gasteiger partial charge in [-0.2, -0.15) is 0 Å². The maximum absolute atomic E-state index is 12.6. The Hall–Kier alpha value is -0.890. The Kier molecular flexibility index (Phi) is 1.43. The largest absolute Gasteiger partial charge is 0.388 e. The molecule has 0 saturated heterocycles. The predicted molar refractivity (Wildman–Crippen MR) is 39.7 cm³/mol. The van der Waals surface area contributed by atoms with Crippen LogP contribution in [-0.2, 0) is 6.42 Å². The molecule has 1 aliphatic carbocycles. The van der Waals surface area contributed by atoms with Crippen molar-refractivity contribution in [3.63, 3.8) is 0 Å². The van der Waals surface area contributed by atoms with E-state index < -0.39 is 6.10 Å². The van der Waals surface area contributed by atoms with E-state index >= 15 is 0 Å². The number of fused-ring (bicyclic) bond motifs is 1. The van der Waals surface area contributed by atoms with E-state index in [9.17, 15) is 9.50 Å². The number of halogens is 1. The molecule has 0 spiro atoms. The Morgan fingerprint density at radius 2 is 2.27 bits per heavy atom. The summed E-state index contributed by atoms with van der Waals surface area (Å²) < 4.78 is 12.6. The summed E-state index contributed by atoms with van der Waals surface area (Å²) >= 11 is 0. The molecule has 1 unspecified atom stereocenters. The molecule has 1 atom stereocenters. The molecule has 0 aromatic heterocycles. The third kappa shape index (κ3) is 1.03. The quantitative estimate of drug-likeness (QED) is 0.601. The van der Waals surface area contributed by atoms with Gasteiger partial charge in [0.15, 0.2) is 0 Å². The topological polar surface area (TPSA) is 20.2 Å². The first-order chi connectivity index (χ1) is 5.27. The standard InChI is InChI=1S/C9H9FO/c10-7-3-1-6-2-4-9(11)8(6)5-7/h1,3,5,9,11H,2,4H2. The van der Waals surface area contributed by atoms with Crippen LogP contribution < -0.4 is 0 Å². The molecule has 0 amide bonds. The third-order valence-corrected chi connectivity index (χ3v) is 2.15. The van der Waals surface area contributed by atoms with Gasteiger partial charge in [-0.15, -0.1) is 0 Å². The SMILES string of the molecule is OC1CCc2ccc(F)cc21.